The first kappa shape index (κ1) is 18.1. The molecule has 3 aromatic rings. The molecule has 5 heteroatoms. The van der Waals surface area contributed by atoms with Crippen LogP contribution in [0.25, 0.3) is 5.70 Å². The summed E-state index contributed by atoms with van der Waals surface area (Å²) in [6.45, 7) is 2.65. The van der Waals surface area contributed by atoms with E-state index in [9.17, 15) is 0 Å². The summed E-state index contributed by atoms with van der Waals surface area (Å²) in [4.78, 5) is 0. The molecular weight excluding hydrogens is 384 g/mol. The lowest BCUT2D eigenvalue weighted by molar-refractivity contribution is -0.0326. The number of rotatable bonds is 4. The molecule has 2 aliphatic heterocycles. The number of benzene rings is 3. The Morgan fingerprint density at radius 3 is 2.52 bits per heavy atom. The van der Waals surface area contributed by atoms with Crippen LogP contribution in [0, 0.1) is 0 Å². The maximum atomic E-state index is 6.37. The van der Waals surface area contributed by atoms with Gasteiger partial charge in [0.15, 0.2) is 6.23 Å². The summed E-state index contributed by atoms with van der Waals surface area (Å²) in [5.74, 6) is 1.78. The third kappa shape index (κ3) is 3.35. The fourth-order valence-corrected chi connectivity index (χ4v) is 3.98. The van der Waals surface area contributed by atoms with Crippen molar-refractivity contribution in [1.82, 2.24) is 10.4 Å². The molecule has 4 nitrogen and oxygen atoms in total. The van der Waals surface area contributed by atoms with Crippen molar-refractivity contribution >= 4 is 17.3 Å². The van der Waals surface area contributed by atoms with E-state index in [0.29, 0.717) is 11.6 Å². The molecule has 0 aromatic heterocycles. The zero-order valence-corrected chi connectivity index (χ0v) is 16.8. The van der Waals surface area contributed by atoms with E-state index in [0.717, 1.165) is 33.9 Å². The fourth-order valence-electron chi connectivity index (χ4n) is 3.85. The number of halogens is 1. The predicted octanol–water partition coefficient (Wildman–Crippen LogP) is 5.73. The second-order valence-corrected chi connectivity index (χ2v) is 7.50. The second-order valence-electron chi connectivity index (χ2n) is 7.06. The van der Waals surface area contributed by atoms with Gasteiger partial charge in [-0.3, -0.25) is 0 Å². The van der Waals surface area contributed by atoms with Gasteiger partial charge in [-0.15, -0.1) is 0 Å². The minimum absolute atomic E-state index is 0.0715. The topological polar surface area (TPSA) is 33.7 Å². The van der Waals surface area contributed by atoms with Gasteiger partial charge in [-0.05, 0) is 61.0 Å². The number of hydrazine groups is 1. The van der Waals surface area contributed by atoms with Crippen LogP contribution in [0.1, 0.15) is 35.9 Å². The Morgan fingerprint density at radius 2 is 1.76 bits per heavy atom. The van der Waals surface area contributed by atoms with E-state index in [4.69, 9.17) is 21.1 Å². The highest BCUT2D eigenvalue weighted by Gasteiger charge is 2.39. The summed E-state index contributed by atoms with van der Waals surface area (Å²) in [6.07, 6.45) is 1.99. The maximum Gasteiger partial charge on any atom is 0.195 e. The molecule has 0 saturated heterocycles. The molecule has 0 fully saturated rings. The molecule has 0 amide bonds. The van der Waals surface area contributed by atoms with Gasteiger partial charge in [-0.2, -0.15) is 5.01 Å². The zero-order chi connectivity index (χ0) is 19.8. The molecule has 2 heterocycles. The third-order valence-electron chi connectivity index (χ3n) is 5.23. The Morgan fingerprint density at radius 1 is 1.00 bits per heavy atom. The van der Waals surface area contributed by atoms with Gasteiger partial charge < -0.3 is 14.9 Å². The number of fused-ring (bicyclic) bond motifs is 3. The maximum absolute atomic E-state index is 6.37. The van der Waals surface area contributed by atoms with Crippen LogP contribution in [0.5, 0.6) is 11.5 Å². The summed E-state index contributed by atoms with van der Waals surface area (Å²) in [5.41, 5.74) is 7.91. The van der Waals surface area contributed by atoms with Crippen molar-refractivity contribution in [3.63, 3.8) is 0 Å². The van der Waals surface area contributed by atoms with Gasteiger partial charge in [0.25, 0.3) is 0 Å². The van der Waals surface area contributed by atoms with Crippen LogP contribution in [-0.4, -0.2) is 11.6 Å². The number of nitrogens with zero attached hydrogens (tertiary/aromatic N) is 1. The molecule has 0 saturated carbocycles. The zero-order valence-electron chi connectivity index (χ0n) is 16.0. The van der Waals surface area contributed by atoms with E-state index in [1.807, 2.05) is 61.5 Å². The molecule has 0 unspecified atom stereocenters. The standard InChI is InChI=1S/C24H21ClN2O2/c1-2-28-19-13-9-16(10-14-19)21-15-22-20-5-3-4-6-23(20)29-24(27(22)26-21)17-7-11-18(25)12-8-17/h3-15,22,24,26H,2H2,1H3/t22-,24+/m1/s1. The average Bonchev–Trinajstić information content (AvgIpc) is 3.20. The van der Waals surface area contributed by atoms with Crippen molar-refractivity contribution in [1.29, 1.82) is 0 Å². The number of hydrogen-bond acceptors (Lipinski definition) is 4. The molecule has 2 aliphatic rings. The summed E-state index contributed by atoms with van der Waals surface area (Å²) >= 11 is 6.09. The Kier molecular flexibility index (Phi) is 4.66. The van der Waals surface area contributed by atoms with Crippen LogP contribution >= 0.6 is 11.6 Å². The number of ether oxygens (including phenoxy) is 2. The Balaban J connectivity index is 1.51. The Labute approximate surface area is 175 Å². The van der Waals surface area contributed by atoms with Crippen LogP contribution in [0.15, 0.2) is 78.9 Å². The first-order valence-electron chi connectivity index (χ1n) is 9.74. The van der Waals surface area contributed by atoms with Gasteiger partial charge in [-0.25, -0.2) is 0 Å². The summed E-state index contributed by atoms with van der Waals surface area (Å²) in [7, 11) is 0. The van der Waals surface area contributed by atoms with Gasteiger partial charge in [0, 0.05) is 16.1 Å². The van der Waals surface area contributed by atoms with Crippen molar-refractivity contribution < 1.29 is 9.47 Å². The highest BCUT2D eigenvalue weighted by Crippen LogP contribution is 2.45. The van der Waals surface area contributed by atoms with Gasteiger partial charge in [-0.1, -0.05) is 41.9 Å². The lowest BCUT2D eigenvalue weighted by Gasteiger charge is -2.38. The number of nitrogens with one attached hydrogen (secondary N) is 1. The highest BCUT2D eigenvalue weighted by atomic mass is 35.5. The van der Waals surface area contributed by atoms with Crippen molar-refractivity contribution in [2.75, 3.05) is 6.61 Å². The first-order valence-corrected chi connectivity index (χ1v) is 10.1. The molecule has 0 aliphatic carbocycles. The SMILES string of the molecule is CCOc1ccc(C2=C[C@@H]3c4ccccc4O[C@@H](c4ccc(Cl)cc4)N3N2)cc1. The normalized spacial score (nSPS) is 20.1. The summed E-state index contributed by atoms with van der Waals surface area (Å²) < 4.78 is 11.9. The largest absolute Gasteiger partial charge is 0.494 e. The Hall–Kier alpha value is -2.95. The molecule has 29 heavy (non-hydrogen) atoms. The quantitative estimate of drug-likeness (QED) is 0.601. The van der Waals surface area contributed by atoms with E-state index in [2.05, 4.69) is 34.7 Å². The van der Waals surface area contributed by atoms with Crippen LogP contribution in [0.4, 0.5) is 0 Å². The summed E-state index contributed by atoms with van der Waals surface area (Å²) in [5, 5.41) is 2.86. The van der Waals surface area contributed by atoms with Crippen molar-refractivity contribution in [3.8, 4) is 11.5 Å². The minimum Gasteiger partial charge on any atom is -0.494 e. The van der Waals surface area contributed by atoms with Crippen molar-refractivity contribution in [2.24, 2.45) is 0 Å². The molecule has 1 N–H and O–H groups in total. The molecule has 2 atom stereocenters. The second kappa shape index (κ2) is 7.47. The first-order chi connectivity index (χ1) is 14.2. The molecule has 0 spiro atoms. The van der Waals surface area contributed by atoms with Crippen LogP contribution in [0.2, 0.25) is 5.02 Å². The predicted molar refractivity (Wildman–Crippen MR) is 115 cm³/mol. The van der Waals surface area contributed by atoms with Gasteiger partial charge in [0.05, 0.1) is 18.3 Å². The highest BCUT2D eigenvalue weighted by molar-refractivity contribution is 6.30. The average molecular weight is 405 g/mol. The van der Waals surface area contributed by atoms with E-state index in [1.165, 1.54) is 0 Å². The van der Waals surface area contributed by atoms with E-state index < -0.39 is 0 Å². The molecule has 3 aromatic carbocycles. The van der Waals surface area contributed by atoms with E-state index >= 15 is 0 Å². The molecule has 0 radical (unpaired) electrons. The van der Waals surface area contributed by atoms with Crippen molar-refractivity contribution in [2.45, 2.75) is 19.2 Å². The molecule has 5 rings (SSSR count). The number of para-hydroxylation sites is 1. The minimum atomic E-state index is -0.261. The van der Waals surface area contributed by atoms with Gasteiger partial charge in [0.1, 0.15) is 11.5 Å². The van der Waals surface area contributed by atoms with Gasteiger partial charge >= 0.3 is 0 Å². The molecule has 146 valence electrons. The van der Waals surface area contributed by atoms with E-state index in [1.54, 1.807) is 0 Å². The lowest BCUT2D eigenvalue weighted by Crippen LogP contribution is -2.43. The molecular formula is C24H21ClN2O2. The monoisotopic (exact) mass is 404 g/mol. The summed E-state index contributed by atoms with van der Waals surface area (Å²) in [6, 6.07) is 24.2. The lowest BCUT2D eigenvalue weighted by atomic mass is 10.0. The van der Waals surface area contributed by atoms with Crippen LogP contribution in [0.3, 0.4) is 0 Å². The van der Waals surface area contributed by atoms with Crippen molar-refractivity contribution in [3.05, 3.63) is 101 Å². The van der Waals surface area contributed by atoms with Crippen LogP contribution < -0.4 is 14.9 Å². The smallest absolute Gasteiger partial charge is 0.195 e. The van der Waals surface area contributed by atoms with Crippen LogP contribution in [-0.2, 0) is 0 Å². The van der Waals surface area contributed by atoms with Gasteiger partial charge in [0.2, 0.25) is 0 Å². The molecule has 0 bridgehead atoms. The number of hydrogen-bond donors (Lipinski definition) is 1. The fraction of sp³-hybridized carbons (Fsp3) is 0.167. The van der Waals surface area contributed by atoms with E-state index in [-0.39, 0.29) is 12.3 Å². The Bertz CT molecular complexity index is 1050. The third-order valence-corrected chi connectivity index (χ3v) is 5.49.